The summed E-state index contributed by atoms with van der Waals surface area (Å²) < 4.78 is 2.97. The van der Waals surface area contributed by atoms with Crippen LogP contribution in [0.3, 0.4) is 0 Å². The molecule has 0 saturated carbocycles. The molecule has 2 N–H and O–H groups in total. The average Bonchev–Trinajstić information content (AvgIpc) is 2.72. The smallest absolute Gasteiger partial charge is 0.151 e. The van der Waals surface area contributed by atoms with Crippen LogP contribution in [0.2, 0.25) is 0 Å². The van der Waals surface area contributed by atoms with E-state index in [4.69, 9.17) is 5.73 Å². The minimum Gasteiger partial charge on any atom is -0.397 e. The van der Waals surface area contributed by atoms with Crippen molar-refractivity contribution < 1.29 is 0 Å². The minimum absolute atomic E-state index is 0.735. The fourth-order valence-corrected chi connectivity index (χ4v) is 2.20. The summed E-state index contributed by atoms with van der Waals surface area (Å²) in [6, 6.07) is 5.96. The monoisotopic (exact) mass is 342 g/mol. The minimum atomic E-state index is 0.735. The van der Waals surface area contributed by atoms with Crippen LogP contribution in [0.1, 0.15) is 25.5 Å². The molecule has 4 nitrogen and oxygen atoms in total. The maximum Gasteiger partial charge on any atom is 0.151 e. The first-order valence-corrected chi connectivity index (χ1v) is 6.73. The summed E-state index contributed by atoms with van der Waals surface area (Å²) in [5.74, 6) is 1.81. The van der Waals surface area contributed by atoms with Gasteiger partial charge in [-0.1, -0.05) is 13.8 Å². The van der Waals surface area contributed by atoms with Crippen molar-refractivity contribution in [2.24, 2.45) is 0 Å². The number of benzene rings is 1. The van der Waals surface area contributed by atoms with Crippen LogP contribution in [-0.4, -0.2) is 14.8 Å². The Hall–Kier alpha value is -1.11. The molecule has 5 heteroatoms. The van der Waals surface area contributed by atoms with E-state index in [2.05, 4.69) is 46.5 Å². The Balaban J connectivity index is 2.55. The zero-order valence-electron chi connectivity index (χ0n) is 9.94. The topological polar surface area (TPSA) is 56.7 Å². The van der Waals surface area contributed by atoms with Gasteiger partial charge < -0.3 is 5.73 Å². The molecule has 0 radical (unpaired) electrons. The van der Waals surface area contributed by atoms with Crippen molar-refractivity contribution in [3.63, 3.8) is 0 Å². The molecule has 2 rings (SSSR count). The molecule has 0 fully saturated rings. The zero-order valence-corrected chi connectivity index (χ0v) is 12.1. The molecule has 1 heterocycles. The molecule has 0 aliphatic carbocycles. The molecular formula is C12H15IN4. The third-order valence-electron chi connectivity index (χ3n) is 2.57. The molecule has 0 bridgehead atoms. The van der Waals surface area contributed by atoms with Crippen LogP contribution < -0.4 is 5.73 Å². The summed E-state index contributed by atoms with van der Waals surface area (Å²) in [5, 5.41) is 4.48. The zero-order chi connectivity index (χ0) is 12.4. The molecule has 0 unspecified atom stereocenters. The Bertz CT molecular complexity index is 533. The number of hydrogen-bond acceptors (Lipinski definition) is 3. The lowest BCUT2D eigenvalue weighted by Crippen LogP contribution is -2.05. The highest BCUT2D eigenvalue weighted by Gasteiger charge is 2.11. The van der Waals surface area contributed by atoms with Crippen LogP contribution in [0, 0.1) is 3.57 Å². The van der Waals surface area contributed by atoms with Crippen LogP contribution in [0.15, 0.2) is 18.2 Å². The second kappa shape index (κ2) is 5.03. The van der Waals surface area contributed by atoms with E-state index in [1.807, 2.05) is 22.9 Å². The average molecular weight is 342 g/mol. The van der Waals surface area contributed by atoms with Crippen LogP contribution in [0.25, 0.3) is 5.69 Å². The van der Waals surface area contributed by atoms with Gasteiger partial charge in [-0.25, -0.2) is 9.67 Å². The third-order valence-corrected chi connectivity index (χ3v) is 3.24. The van der Waals surface area contributed by atoms with Gasteiger partial charge in [-0.05, 0) is 40.8 Å². The van der Waals surface area contributed by atoms with E-state index in [1.54, 1.807) is 0 Å². The lowest BCUT2D eigenvalue weighted by Gasteiger charge is -2.07. The van der Waals surface area contributed by atoms with E-state index in [-0.39, 0.29) is 0 Å². The number of rotatable bonds is 3. The fourth-order valence-electron chi connectivity index (χ4n) is 1.68. The highest BCUT2D eigenvalue weighted by atomic mass is 127. The number of aromatic nitrogens is 3. The van der Waals surface area contributed by atoms with E-state index in [0.29, 0.717) is 0 Å². The molecule has 1 aromatic carbocycles. The van der Waals surface area contributed by atoms with Crippen molar-refractivity contribution in [3.8, 4) is 5.69 Å². The second-order valence-corrected chi connectivity index (χ2v) is 5.01. The third kappa shape index (κ3) is 2.43. The predicted octanol–water partition coefficient (Wildman–Crippen LogP) is 2.58. The Morgan fingerprint density at radius 3 is 2.65 bits per heavy atom. The van der Waals surface area contributed by atoms with Gasteiger partial charge in [0.15, 0.2) is 5.82 Å². The van der Waals surface area contributed by atoms with E-state index < -0.39 is 0 Å². The van der Waals surface area contributed by atoms with Crippen LogP contribution in [0.5, 0.6) is 0 Å². The van der Waals surface area contributed by atoms with Crippen LogP contribution in [0.4, 0.5) is 5.69 Å². The van der Waals surface area contributed by atoms with Gasteiger partial charge in [-0.2, -0.15) is 5.10 Å². The lowest BCUT2D eigenvalue weighted by atomic mass is 10.2. The largest absolute Gasteiger partial charge is 0.397 e. The Morgan fingerprint density at radius 2 is 2.06 bits per heavy atom. The van der Waals surface area contributed by atoms with Crippen molar-refractivity contribution in [2.45, 2.75) is 26.7 Å². The SMILES string of the molecule is CCc1nc(CC)n(-c2ccc(I)cc2N)n1. The number of nitrogen functional groups attached to an aromatic ring is 1. The summed E-state index contributed by atoms with van der Waals surface area (Å²) in [7, 11) is 0. The number of aryl methyl sites for hydroxylation is 2. The van der Waals surface area contributed by atoms with E-state index in [1.165, 1.54) is 0 Å². The highest BCUT2D eigenvalue weighted by molar-refractivity contribution is 14.1. The summed E-state index contributed by atoms with van der Waals surface area (Å²) >= 11 is 2.25. The molecule has 2 aromatic rings. The normalized spacial score (nSPS) is 10.8. The molecule has 0 spiro atoms. The number of anilines is 1. The first-order valence-electron chi connectivity index (χ1n) is 5.66. The molecular weight excluding hydrogens is 327 g/mol. The maximum absolute atomic E-state index is 6.03. The first-order chi connectivity index (χ1) is 8.15. The van der Waals surface area contributed by atoms with Gasteiger partial charge in [0.25, 0.3) is 0 Å². The summed E-state index contributed by atoms with van der Waals surface area (Å²) in [5.41, 5.74) is 7.68. The summed E-state index contributed by atoms with van der Waals surface area (Å²) in [6.45, 7) is 4.12. The van der Waals surface area contributed by atoms with Gasteiger partial charge >= 0.3 is 0 Å². The molecule has 0 aliphatic heterocycles. The van der Waals surface area contributed by atoms with Crippen molar-refractivity contribution in [3.05, 3.63) is 33.4 Å². The highest BCUT2D eigenvalue weighted by Crippen LogP contribution is 2.21. The van der Waals surface area contributed by atoms with Gasteiger partial charge in [0, 0.05) is 16.4 Å². The lowest BCUT2D eigenvalue weighted by molar-refractivity contribution is 0.792. The number of nitrogens with zero attached hydrogens (tertiary/aromatic N) is 3. The van der Waals surface area contributed by atoms with Crippen molar-refractivity contribution in [1.29, 1.82) is 0 Å². The van der Waals surface area contributed by atoms with Crippen molar-refractivity contribution in [1.82, 2.24) is 14.8 Å². The predicted molar refractivity (Wildman–Crippen MR) is 77.2 cm³/mol. The van der Waals surface area contributed by atoms with E-state index >= 15 is 0 Å². The van der Waals surface area contributed by atoms with Gasteiger partial charge in [0.2, 0.25) is 0 Å². The van der Waals surface area contributed by atoms with Gasteiger partial charge in [0.05, 0.1) is 11.4 Å². The maximum atomic E-state index is 6.03. The summed E-state index contributed by atoms with van der Waals surface area (Å²) in [4.78, 5) is 4.48. The molecule has 0 aliphatic rings. The molecule has 0 atom stereocenters. The molecule has 1 aromatic heterocycles. The number of nitrogens with two attached hydrogens (primary N) is 1. The quantitative estimate of drug-likeness (QED) is 0.689. The Morgan fingerprint density at radius 1 is 1.29 bits per heavy atom. The fraction of sp³-hybridized carbons (Fsp3) is 0.333. The van der Waals surface area contributed by atoms with Gasteiger partial charge in [-0.3, -0.25) is 0 Å². The van der Waals surface area contributed by atoms with Gasteiger partial charge in [-0.15, -0.1) is 0 Å². The van der Waals surface area contributed by atoms with Crippen molar-refractivity contribution >= 4 is 28.3 Å². The molecule has 90 valence electrons. The van der Waals surface area contributed by atoms with Crippen molar-refractivity contribution in [2.75, 3.05) is 5.73 Å². The summed E-state index contributed by atoms with van der Waals surface area (Å²) in [6.07, 6.45) is 1.68. The number of hydrogen-bond donors (Lipinski definition) is 1. The van der Waals surface area contributed by atoms with Crippen LogP contribution >= 0.6 is 22.6 Å². The van der Waals surface area contributed by atoms with E-state index in [0.717, 1.165) is 39.4 Å². The Labute approximate surface area is 114 Å². The van der Waals surface area contributed by atoms with Gasteiger partial charge in [0.1, 0.15) is 5.82 Å². The Kier molecular flexibility index (Phi) is 3.66. The first kappa shape index (κ1) is 12.3. The molecule has 17 heavy (non-hydrogen) atoms. The number of halogens is 1. The second-order valence-electron chi connectivity index (χ2n) is 3.77. The molecule has 0 saturated heterocycles. The standard InChI is InChI=1S/C12H15IN4/c1-3-11-15-12(4-2)17(16-11)10-6-5-8(13)7-9(10)14/h5-7H,3-4,14H2,1-2H3. The molecule has 0 amide bonds. The van der Waals surface area contributed by atoms with Crippen LogP contribution in [-0.2, 0) is 12.8 Å². The van der Waals surface area contributed by atoms with E-state index in [9.17, 15) is 0 Å².